The van der Waals surface area contributed by atoms with Gasteiger partial charge in [0.2, 0.25) is 0 Å². The van der Waals surface area contributed by atoms with E-state index in [1.165, 1.54) is 18.2 Å². The van der Waals surface area contributed by atoms with Crippen molar-refractivity contribution < 1.29 is 13.9 Å². The molecule has 1 fully saturated rings. The van der Waals surface area contributed by atoms with E-state index in [-0.39, 0.29) is 42.4 Å². The zero-order chi connectivity index (χ0) is 17.9. The molecular formula is C18H26FIN4O2. The summed E-state index contributed by atoms with van der Waals surface area (Å²) in [5.41, 5.74) is 0.832. The third-order valence-electron chi connectivity index (χ3n) is 3.78. The van der Waals surface area contributed by atoms with Crippen molar-refractivity contribution in [3.63, 3.8) is 0 Å². The summed E-state index contributed by atoms with van der Waals surface area (Å²) in [5, 5.41) is 15.2. The molecule has 1 atom stereocenters. The molecule has 0 aliphatic carbocycles. The Hall–Kier alpha value is -1.44. The molecule has 1 heterocycles. The Labute approximate surface area is 171 Å². The Bertz CT molecular complexity index is 616. The molecule has 8 heteroatoms. The highest BCUT2D eigenvalue weighted by atomic mass is 127. The smallest absolute Gasteiger partial charge is 0.191 e. The Kier molecular flexibility index (Phi) is 11.2. The fourth-order valence-corrected chi connectivity index (χ4v) is 2.44. The third-order valence-corrected chi connectivity index (χ3v) is 3.78. The molecule has 0 aromatic heterocycles. The third kappa shape index (κ3) is 7.85. The van der Waals surface area contributed by atoms with E-state index in [4.69, 9.17) is 14.7 Å². The molecule has 2 rings (SSSR count). The lowest BCUT2D eigenvalue weighted by molar-refractivity contribution is 0.0420. The molecule has 1 aromatic rings. The van der Waals surface area contributed by atoms with Crippen LogP contribution < -0.4 is 10.6 Å². The molecule has 0 radical (unpaired) electrons. The summed E-state index contributed by atoms with van der Waals surface area (Å²) in [6.45, 7) is 5.69. The summed E-state index contributed by atoms with van der Waals surface area (Å²) >= 11 is 0. The van der Waals surface area contributed by atoms with Crippen LogP contribution in [0.2, 0.25) is 0 Å². The van der Waals surface area contributed by atoms with Gasteiger partial charge in [-0.15, -0.1) is 24.0 Å². The Morgan fingerprint density at radius 1 is 1.46 bits per heavy atom. The van der Waals surface area contributed by atoms with Crippen LogP contribution in [0.15, 0.2) is 23.2 Å². The van der Waals surface area contributed by atoms with E-state index in [2.05, 4.69) is 15.6 Å². The maximum absolute atomic E-state index is 13.8. The molecule has 1 unspecified atom stereocenters. The fourth-order valence-electron chi connectivity index (χ4n) is 2.44. The van der Waals surface area contributed by atoms with E-state index in [1.807, 2.05) is 13.0 Å². The van der Waals surface area contributed by atoms with Gasteiger partial charge in [-0.2, -0.15) is 5.26 Å². The van der Waals surface area contributed by atoms with Crippen molar-refractivity contribution in [1.29, 1.82) is 5.26 Å². The Morgan fingerprint density at radius 2 is 2.31 bits per heavy atom. The summed E-state index contributed by atoms with van der Waals surface area (Å²) in [7, 11) is 0. The van der Waals surface area contributed by atoms with Crippen LogP contribution >= 0.6 is 24.0 Å². The van der Waals surface area contributed by atoms with Crippen LogP contribution in [0.1, 0.15) is 30.9 Å². The van der Waals surface area contributed by atoms with Crippen molar-refractivity contribution in [3.8, 4) is 6.07 Å². The number of nitrogens with zero attached hydrogens (tertiary/aromatic N) is 2. The van der Waals surface area contributed by atoms with Gasteiger partial charge in [0.25, 0.3) is 0 Å². The van der Waals surface area contributed by atoms with Gasteiger partial charge >= 0.3 is 0 Å². The molecule has 1 aliphatic rings. The average molecular weight is 476 g/mol. The summed E-state index contributed by atoms with van der Waals surface area (Å²) < 4.78 is 24.8. The molecule has 2 N–H and O–H groups in total. The van der Waals surface area contributed by atoms with E-state index in [1.54, 1.807) is 0 Å². The molecule has 0 bridgehead atoms. The molecule has 1 aliphatic heterocycles. The predicted octanol–water partition coefficient (Wildman–Crippen LogP) is 2.57. The van der Waals surface area contributed by atoms with E-state index in [0.29, 0.717) is 43.4 Å². The van der Waals surface area contributed by atoms with E-state index in [9.17, 15) is 4.39 Å². The molecule has 0 spiro atoms. The van der Waals surface area contributed by atoms with Crippen molar-refractivity contribution in [1.82, 2.24) is 10.6 Å². The van der Waals surface area contributed by atoms with Crippen LogP contribution in [0.5, 0.6) is 0 Å². The van der Waals surface area contributed by atoms with Gasteiger partial charge in [0.1, 0.15) is 5.82 Å². The molecule has 0 amide bonds. The van der Waals surface area contributed by atoms with Gasteiger partial charge in [0, 0.05) is 31.9 Å². The maximum Gasteiger partial charge on any atom is 0.191 e. The van der Waals surface area contributed by atoms with Gasteiger partial charge in [0.05, 0.1) is 30.9 Å². The topological polar surface area (TPSA) is 78.7 Å². The average Bonchev–Trinajstić information content (AvgIpc) is 3.14. The lowest BCUT2D eigenvalue weighted by atomic mass is 10.1. The first-order chi connectivity index (χ1) is 12.2. The fraction of sp³-hybridized carbons (Fsp3) is 0.556. The number of aliphatic imine (C=N–C) groups is 1. The van der Waals surface area contributed by atoms with Gasteiger partial charge in [-0.05, 0) is 38.0 Å². The quantitative estimate of drug-likeness (QED) is 0.261. The number of rotatable bonds is 8. The van der Waals surface area contributed by atoms with E-state index in [0.717, 1.165) is 19.4 Å². The van der Waals surface area contributed by atoms with Crippen molar-refractivity contribution >= 4 is 29.9 Å². The highest BCUT2D eigenvalue weighted by Crippen LogP contribution is 2.11. The van der Waals surface area contributed by atoms with Crippen LogP contribution in [-0.4, -0.2) is 45.0 Å². The number of hydrogen-bond acceptors (Lipinski definition) is 4. The van der Waals surface area contributed by atoms with Crippen molar-refractivity contribution in [2.75, 3.05) is 32.9 Å². The first-order valence-corrected chi connectivity index (χ1v) is 8.63. The number of benzene rings is 1. The number of nitriles is 1. The first kappa shape index (κ1) is 22.6. The normalized spacial score (nSPS) is 16.7. The highest BCUT2D eigenvalue weighted by Gasteiger charge is 2.15. The number of ether oxygens (including phenoxy) is 2. The minimum absolute atomic E-state index is 0. The number of hydrogen-bond donors (Lipinski definition) is 2. The predicted molar refractivity (Wildman–Crippen MR) is 109 cm³/mol. The van der Waals surface area contributed by atoms with Gasteiger partial charge in [-0.25, -0.2) is 9.38 Å². The Balaban J connectivity index is 0.00000338. The van der Waals surface area contributed by atoms with E-state index >= 15 is 0 Å². The monoisotopic (exact) mass is 476 g/mol. The van der Waals surface area contributed by atoms with Crippen LogP contribution in [0.4, 0.5) is 4.39 Å². The molecular weight excluding hydrogens is 450 g/mol. The second-order valence-corrected chi connectivity index (χ2v) is 5.75. The maximum atomic E-state index is 13.8. The largest absolute Gasteiger partial charge is 0.379 e. The minimum atomic E-state index is -0.356. The molecule has 6 nitrogen and oxygen atoms in total. The number of nitrogens with one attached hydrogen (secondary N) is 2. The number of guanidine groups is 1. The Morgan fingerprint density at radius 3 is 3.00 bits per heavy atom. The molecule has 1 saturated heterocycles. The molecule has 26 heavy (non-hydrogen) atoms. The van der Waals surface area contributed by atoms with Crippen LogP contribution in [0, 0.1) is 17.1 Å². The molecule has 0 saturated carbocycles. The van der Waals surface area contributed by atoms with Crippen LogP contribution in [0.3, 0.4) is 0 Å². The van der Waals surface area contributed by atoms with Gasteiger partial charge in [-0.3, -0.25) is 0 Å². The van der Waals surface area contributed by atoms with Gasteiger partial charge in [0.15, 0.2) is 5.96 Å². The second kappa shape index (κ2) is 12.8. The first-order valence-electron chi connectivity index (χ1n) is 8.63. The SMILES string of the molecule is CCNC(=NCc1cc(C#N)ccc1F)NCCCOC1CCOC1.I. The second-order valence-electron chi connectivity index (χ2n) is 5.75. The zero-order valence-electron chi connectivity index (χ0n) is 15.0. The molecule has 144 valence electrons. The summed E-state index contributed by atoms with van der Waals surface area (Å²) in [6.07, 6.45) is 2.03. The van der Waals surface area contributed by atoms with E-state index < -0.39 is 0 Å². The van der Waals surface area contributed by atoms with Gasteiger partial charge in [-0.1, -0.05) is 0 Å². The minimum Gasteiger partial charge on any atom is -0.379 e. The lowest BCUT2D eigenvalue weighted by Crippen LogP contribution is -2.38. The summed E-state index contributed by atoms with van der Waals surface area (Å²) in [6, 6.07) is 6.30. The van der Waals surface area contributed by atoms with Crippen LogP contribution in [-0.2, 0) is 16.0 Å². The summed E-state index contributed by atoms with van der Waals surface area (Å²) in [4.78, 5) is 4.38. The highest BCUT2D eigenvalue weighted by molar-refractivity contribution is 14.0. The van der Waals surface area contributed by atoms with Crippen molar-refractivity contribution in [2.45, 2.75) is 32.4 Å². The molecule has 1 aromatic carbocycles. The summed E-state index contributed by atoms with van der Waals surface area (Å²) in [5.74, 6) is 0.263. The number of halogens is 2. The van der Waals surface area contributed by atoms with Crippen molar-refractivity contribution in [2.24, 2.45) is 4.99 Å². The zero-order valence-corrected chi connectivity index (χ0v) is 17.3. The van der Waals surface area contributed by atoms with Crippen molar-refractivity contribution in [3.05, 3.63) is 35.1 Å². The lowest BCUT2D eigenvalue weighted by Gasteiger charge is -2.13. The van der Waals surface area contributed by atoms with Crippen LogP contribution in [0.25, 0.3) is 0 Å². The standard InChI is InChI=1S/C18H25FN4O2.HI/c1-2-21-18(22-7-3-8-25-16-6-9-24-13-16)23-12-15-10-14(11-20)4-5-17(15)19;/h4-5,10,16H,2-3,6-9,12-13H2,1H3,(H2,21,22,23);1H. The van der Waals surface area contributed by atoms with Gasteiger partial charge < -0.3 is 20.1 Å².